The predicted octanol–water partition coefficient (Wildman–Crippen LogP) is 3.50. The van der Waals surface area contributed by atoms with Crippen LogP contribution in [0, 0.1) is 6.92 Å². The number of hydrogen-bond acceptors (Lipinski definition) is 3. The number of para-hydroxylation sites is 2. The second kappa shape index (κ2) is 4.76. The molecule has 0 fully saturated rings. The molecule has 0 saturated carbocycles. The molecule has 3 rings (SSSR count). The van der Waals surface area contributed by atoms with E-state index in [0.29, 0.717) is 0 Å². The van der Waals surface area contributed by atoms with E-state index in [-0.39, 0.29) is 0 Å². The fourth-order valence-electron chi connectivity index (χ4n) is 2.24. The number of benzene rings is 2. The van der Waals surface area contributed by atoms with Gasteiger partial charge in [-0.15, -0.1) is 0 Å². The summed E-state index contributed by atoms with van der Waals surface area (Å²) >= 11 is 0. The Kier molecular flexibility index (Phi) is 2.95. The number of nitrogens with two attached hydrogens (primary N) is 1. The summed E-state index contributed by atoms with van der Waals surface area (Å²) in [5, 5.41) is 0. The minimum atomic E-state index is 0.766. The van der Waals surface area contributed by atoms with Crippen molar-refractivity contribution < 1.29 is 4.42 Å². The van der Waals surface area contributed by atoms with Crippen molar-refractivity contribution in [2.75, 3.05) is 5.73 Å². The lowest BCUT2D eigenvalue weighted by Gasteiger charge is -2.02. The number of anilines is 1. The third kappa shape index (κ3) is 2.32. The number of fused-ring (bicyclic) bond motifs is 1. The normalized spacial score (nSPS) is 11.0. The van der Waals surface area contributed by atoms with Gasteiger partial charge in [-0.25, -0.2) is 4.98 Å². The molecule has 1 aromatic heterocycles. The van der Waals surface area contributed by atoms with Crippen molar-refractivity contribution in [1.29, 1.82) is 0 Å². The summed E-state index contributed by atoms with van der Waals surface area (Å²) in [7, 11) is 0. The van der Waals surface area contributed by atoms with Crippen molar-refractivity contribution in [2.45, 2.75) is 19.8 Å². The Morgan fingerprint density at radius 2 is 1.89 bits per heavy atom. The molecular weight excluding hydrogens is 236 g/mol. The Balaban J connectivity index is 1.83. The van der Waals surface area contributed by atoms with Crippen LogP contribution in [-0.4, -0.2) is 4.98 Å². The topological polar surface area (TPSA) is 52.0 Å². The molecule has 2 N–H and O–H groups in total. The molecule has 0 aliphatic heterocycles. The minimum Gasteiger partial charge on any atom is -0.441 e. The van der Waals surface area contributed by atoms with Gasteiger partial charge in [0.2, 0.25) is 0 Å². The molecule has 3 aromatic rings. The van der Waals surface area contributed by atoms with Crippen LogP contribution in [0.15, 0.2) is 46.9 Å². The molecule has 0 unspecified atom stereocenters. The number of aromatic nitrogens is 1. The molecule has 0 aliphatic rings. The highest BCUT2D eigenvalue weighted by Crippen LogP contribution is 2.20. The summed E-state index contributed by atoms with van der Waals surface area (Å²) < 4.78 is 5.76. The Morgan fingerprint density at radius 1 is 1.05 bits per heavy atom. The zero-order chi connectivity index (χ0) is 13.2. The Hall–Kier alpha value is -2.29. The van der Waals surface area contributed by atoms with Gasteiger partial charge < -0.3 is 10.2 Å². The van der Waals surface area contributed by atoms with Gasteiger partial charge in [0.15, 0.2) is 11.5 Å². The standard InChI is InChI=1S/C16H16N2O/c1-11-5-4-8-14-16(11)18-15(19-14)10-9-12-6-2-3-7-13(12)17/h2-8H,9-10,17H2,1H3. The molecule has 0 bridgehead atoms. The number of oxazole rings is 1. The highest BCUT2D eigenvalue weighted by Gasteiger charge is 2.08. The van der Waals surface area contributed by atoms with Crippen molar-refractivity contribution in [1.82, 2.24) is 4.98 Å². The van der Waals surface area contributed by atoms with Crippen molar-refractivity contribution in [2.24, 2.45) is 0 Å². The van der Waals surface area contributed by atoms with Gasteiger partial charge >= 0.3 is 0 Å². The fourth-order valence-corrected chi connectivity index (χ4v) is 2.24. The maximum Gasteiger partial charge on any atom is 0.195 e. The van der Waals surface area contributed by atoms with Crippen molar-refractivity contribution >= 4 is 16.8 Å². The van der Waals surface area contributed by atoms with Crippen LogP contribution in [0.25, 0.3) is 11.1 Å². The van der Waals surface area contributed by atoms with Crippen LogP contribution in [0.5, 0.6) is 0 Å². The van der Waals surface area contributed by atoms with Gasteiger partial charge in [0.25, 0.3) is 0 Å². The highest BCUT2D eigenvalue weighted by molar-refractivity contribution is 5.76. The van der Waals surface area contributed by atoms with Crippen LogP contribution in [0.2, 0.25) is 0 Å². The molecular formula is C16H16N2O. The number of hydrogen-bond donors (Lipinski definition) is 1. The Morgan fingerprint density at radius 3 is 2.68 bits per heavy atom. The average Bonchev–Trinajstić information content (AvgIpc) is 2.82. The van der Waals surface area contributed by atoms with E-state index >= 15 is 0 Å². The number of nitrogens with zero attached hydrogens (tertiary/aromatic N) is 1. The molecule has 0 radical (unpaired) electrons. The average molecular weight is 252 g/mol. The molecule has 0 aliphatic carbocycles. The van der Waals surface area contributed by atoms with E-state index < -0.39 is 0 Å². The molecule has 0 amide bonds. The van der Waals surface area contributed by atoms with Crippen molar-refractivity contribution in [3.63, 3.8) is 0 Å². The summed E-state index contributed by atoms with van der Waals surface area (Å²) in [6.07, 6.45) is 1.61. The zero-order valence-corrected chi connectivity index (χ0v) is 10.9. The number of rotatable bonds is 3. The maximum atomic E-state index is 5.93. The fraction of sp³-hybridized carbons (Fsp3) is 0.188. The van der Waals surface area contributed by atoms with Crippen molar-refractivity contribution in [3.8, 4) is 0 Å². The molecule has 3 nitrogen and oxygen atoms in total. The van der Waals surface area contributed by atoms with Crippen LogP contribution in [0.1, 0.15) is 17.0 Å². The van der Waals surface area contributed by atoms with Gasteiger partial charge in [-0.1, -0.05) is 30.3 Å². The van der Waals surface area contributed by atoms with E-state index in [1.54, 1.807) is 0 Å². The molecule has 2 aromatic carbocycles. The van der Waals surface area contributed by atoms with E-state index in [1.807, 2.05) is 49.4 Å². The van der Waals surface area contributed by atoms with Crippen LogP contribution in [-0.2, 0) is 12.8 Å². The van der Waals surface area contributed by atoms with Crippen LogP contribution < -0.4 is 5.73 Å². The van der Waals surface area contributed by atoms with Gasteiger partial charge in [0.1, 0.15) is 5.52 Å². The molecule has 0 saturated heterocycles. The van der Waals surface area contributed by atoms with Crippen LogP contribution >= 0.6 is 0 Å². The number of nitrogen functional groups attached to an aromatic ring is 1. The molecule has 0 spiro atoms. The second-order valence-electron chi connectivity index (χ2n) is 4.73. The van der Waals surface area contributed by atoms with Gasteiger partial charge in [-0.05, 0) is 36.6 Å². The van der Waals surface area contributed by atoms with Gasteiger partial charge in [-0.3, -0.25) is 0 Å². The first-order chi connectivity index (χ1) is 9.24. The lowest BCUT2D eigenvalue weighted by molar-refractivity contribution is 0.528. The molecule has 19 heavy (non-hydrogen) atoms. The molecule has 0 atom stereocenters. The lowest BCUT2D eigenvalue weighted by Crippen LogP contribution is -1.96. The second-order valence-corrected chi connectivity index (χ2v) is 4.73. The van der Waals surface area contributed by atoms with Crippen LogP contribution in [0.4, 0.5) is 5.69 Å². The summed E-state index contributed by atoms with van der Waals surface area (Å²) in [5.74, 6) is 0.771. The van der Waals surface area contributed by atoms with Gasteiger partial charge in [-0.2, -0.15) is 0 Å². The van der Waals surface area contributed by atoms with E-state index in [1.165, 1.54) is 0 Å². The first kappa shape index (κ1) is 11.8. The summed E-state index contributed by atoms with van der Waals surface area (Å²) in [4.78, 5) is 4.55. The summed E-state index contributed by atoms with van der Waals surface area (Å²) in [5.41, 5.74) is 10.9. The van der Waals surface area contributed by atoms with E-state index in [2.05, 4.69) is 4.98 Å². The minimum absolute atomic E-state index is 0.766. The molecule has 96 valence electrons. The van der Waals surface area contributed by atoms with Gasteiger partial charge in [0, 0.05) is 12.1 Å². The first-order valence-corrected chi connectivity index (χ1v) is 6.42. The SMILES string of the molecule is Cc1cccc2oc(CCc3ccccc3N)nc12. The maximum absolute atomic E-state index is 5.93. The summed E-state index contributed by atoms with van der Waals surface area (Å²) in [6, 6.07) is 13.9. The third-order valence-electron chi connectivity index (χ3n) is 3.33. The zero-order valence-electron chi connectivity index (χ0n) is 10.9. The van der Waals surface area contributed by atoms with Crippen molar-refractivity contribution in [3.05, 3.63) is 59.5 Å². The predicted molar refractivity (Wildman–Crippen MR) is 77.0 cm³/mol. The molecule has 1 heterocycles. The van der Waals surface area contributed by atoms with E-state index in [4.69, 9.17) is 10.2 Å². The Bertz CT molecular complexity index is 716. The third-order valence-corrected chi connectivity index (χ3v) is 3.33. The van der Waals surface area contributed by atoms with Crippen LogP contribution in [0.3, 0.4) is 0 Å². The quantitative estimate of drug-likeness (QED) is 0.726. The highest BCUT2D eigenvalue weighted by atomic mass is 16.3. The Labute approximate surface area is 112 Å². The monoisotopic (exact) mass is 252 g/mol. The summed E-state index contributed by atoms with van der Waals surface area (Å²) in [6.45, 7) is 2.05. The molecule has 3 heteroatoms. The lowest BCUT2D eigenvalue weighted by atomic mass is 10.1. The van der Waals surface area contributed by atoms with Gasteiger partial charge in [0.05, 0.1) is 0 Å². The van der Waals surface area contributed by atoms with E-state index in [9.17, 15) is 0 Å². The number of aryl methyl sites for hydroxylation is 3. The largest absolute Gasteiger partial charge is 0.441 e. The first-order valence-electron chi connectivity index (χ1n) is 6.42. The van der Waals surface area contributed by atoms with E-state index in [0.717, 1.165) is 46.6 Å². The smallest absolute Gasteiger partial charge is 0.195 e.